The highest BCUT2D eigenvalue weighted by atomic mass is 16.5. The number of carbonyl (C=O) groups is 1. The molecule has 1 fully saturated rings. The van der Waals surface area contributed by atoms with Gasteiger partial charge in [0, 0.05) is 24.7 Å². The molecule has 1 aromatic rings. The maximum Gasteiger partial charge on any atom is 0.246 e. The lowest BCUT2D eigenvalue weighted by atomic mass is 10.1. The van der Waals surface area contributed by atoms with Gasteiger partial charge in [-0.3, -0.25) is 4.79 Å². The van der Waals surface area contributed by atoms with E-state index in [4.69, 9.17) is 14.2 Å². The Morgan fingerprint density at radius 1 is 1.25 bits per heavy atom. The minimum absolute atomic E-state index is 0.0156. The molecule has 108 valence electrons. The predicted octanol–water partition coefficient (Wildman–Crippen LogP) is 1.58. The van der Waals surface area contributed by atoms with Crippen molar-refractivity contribution in [1.29, 1.82) is 0 Å². The van der Waals surface area contributed by atoms with Gasteiger partial charge >= 0.3 is 0 Å². The fourth-order valence-electron chi connectivity index (χ4n) is 2.02. The third-order valence-electron chi connectivity index (χ3n) is 3.17. The Kier molecular flexibility index (Phi) is 5.01. The Morgan fingerprint density at radius 2 is 2.00 bits per heavy atom. The molecule has 2 rings (SSSR count). The molecule has 0 spiro atoms. The van der Waals surface area contributed by atoms with Gasteiger partial charge in [0.05, 0.1) is 27.4 Å². The molecule has 0 aromatic heterocycles. The molecule has 1 heterocycles. The van der Waals surface area contributed by atoms with Crippen molar-refractivity contribution in [1.82, 2.24) is 4.90 Å². The zero-order valence-electron chi connectivity index (χ0n) is 11.8. The zero-order chi connectivity index (χ0) is 14.4. The molecule has 1 saturated heterocycles. The lowest BCUT2D eigenvalue weighted by Gasteiger charge is -2.25. The summed E-state index contributed by atoms with van der Waals surface area (Å²) < 4.78 is 15.7. The summed E-state index contributed by atoms with van der Waals surface area (Å²) in [6.45, 7) is 2.47. The van der Waals surface area contributed by atoms with E-state index in [0.29, 0.717) is 32.1 Å². The van der Waals surface area contributed by atoms with Gasteiger partial charge in [0.15, 0.2) is 0 Å². The van der Waals surface area contributed by atoms with Gasteiger partial charge in [0.1, 0.15) is 11.5 Å². The fraction of sp³-hybridized carbons (Fsp3) is 0.400. The van der Waals surface area contributed by atoms with Crippen molar-refractivity contribution >= 4 is 12.0 Å². The summed E-state index contributed by atoms with van der Waals surface area (Å²) in [5, 5.41) is 0. The highest BCUT2D eigenvalue weighted by Gasteiger charge is 2.14. The van der Waals surface area contributed by atoms with Crippen LogP contribution in [0, 0.1) is 0 Å². The van der Waals surface area contributed by atoms with E-state index in [1.54, 1.807) is 31.3 Å². The molecular formula is C15H19NO4. The second-order valence-corrected chi connectivity index (χ2v) is 4.38. The van der Waals surface area contributed by atoms with Gasteiger partial charge in [-0.25, -0.2) is 0 Å². The molecule has 1 amide bonds. The number of benzene rings is 1. The molecule has 1 aliphatic heterocycles. The van der Waals surface area contributed by atoms with Gasteiger partial charge in [-0.05, 0) is 24.3 Å². The Morgan fingerprint density at radius 3 is 2.65 bits per heavy atom. The third-order valence-corrected chi connectivity index (χ3v) is 3.17. The molecule has 0 bridgehead atoms. The molecule has 0 atom stereocenters. The van der Waals surface area contributed by atoms with E-state index < -0.39 is 0 Å². The summed E-state index contributed by atoms with van der Waals surface area (Å²) in [7, 11) is 3.21. The quantitative estimate of drug-likeness (QED) is 0.784. The average molecular weight is 277 g/mol. The molecule has 0 radical (unpaired) electrons. The van der Waals surface area contributed by atoms with Crippen LogP contribution in [0.2, 0.25) is 0 Å². The third kappa shape index (κ3) is 3.51. The number of nitrogens with zero attached hydrogens (tertiary/aromatic N) is 1. The van der Waals surface area contributed by atoms with Gasteiger partial charge in [0.2, 0.25) is 5.91 Å². The smallest absolute Gasteiger partial charge is 0.246 e. The number of methoxy groups -OCH3 is 2. The van der Waals surface area contributed by atoms with Crippen LogP contribution in [-0.4, -0.2) is 51.3 Å². The van der Waals surface area contributed by atoms with Crippen molar-refractivity contribution in [2.75, 3.05) is 40.5 Å². The number of amides is 1. The van der Waals surface area contributed by atoms with Gasteiger partial charge in [-0.15, -0.1) is 0 Å². The molecule has 5 nitrogen and oxygen atoms in total. The van der Waals surface area contributed by atoms with E-state index in [0.717, 1.165) is 11.3 Å². The van der Waals surface area contributed by atoms with E-state index in [2.05, 4.69) is 0 Å². The summed E-state index contributed by atoms with van der Waals surface area (Å²) in [6.07, 6.45) is 3.31. The normalized spacial score (nSPS) is 15.4. The standard InChI is InChI=1S/C15H19NO4/c1-18-13-4-5-14(19-2)12(11-13)3-6-15(17)16-7-9-20-10-8-16/h3-6,11H,7-10H2,1-2H3/b6-3+. The number of rotatable bonds is 4. The second-order valence-electron chi connectivity index (χ2n) is 4.38. The Balaban J connectivity index is 2.11. The molecule has 0 unspecified atom stereocenters. The van der Waals surface area contributed by atoms with E-state index >= 15 is 0 Å². The first-order valence-corrected chi connectivity index (χ1v) is 6.51. The van der Waals surface area contributed by atoms with E-state index in [1.165, 1.54) is 0 Å². The Bertz CT molecular complexity index is 493. The van der Waals surface area contributed by atoms with Crippen molar-refractivity contribution < 1.29 is 19.0 Å². The minimum Gasteiger partial charge on any atom is -0.497 e. The van der Waals surface area contributed by atoms with Crippen LogP contribution >= 0.6 is 0 Å². The van der Waals surface area contributed by atoms with Gasteiger partial charge in [0.25, 0.3) is 0 Å². The molecule has 20 heavy (non-hydrogen) atoms. The number of ether oxygens (including phenoxy) is 3. The maximum absolute atomic E-state index is 12.0. The van der Waals surface area contributed by atoms with Crippen LogP contribution in [0.25, 0.3) is 6.08 Å². The second kappa shape index (κ2) is 6.96. The predicted molar refractivity (Wildman–Crippen MR) is 76.0 cm³/mol. The summed E-state index contributed by atoms with van der Waals surface area (Å²) in [4.78, 5) is 13.8. The van der Waals surface area contributed by atoms with Crippen LogP contribution < -0.4 is 9.47 Å². The number of morpholine rings is 1. The van der Waals surface area contributed by atoms with E-state index in [-0.39, 0.29) is 5.91 Å². The summed E-state index contributed by atoms with van der Waals surface area (Å²) in [6, 6.07) is 5.47. The molecular weight excluding hydrogens is 258 g/mol. The highest BCUT2D eigenvalue weighted by Crippen LogP contribution is 2.25. The van der Waals surface area contributed by atoms with Crippen LogP contribution in [0.3, 0.4) is 0 Å². The zero-order valence-corrected chi connectivity index (χ0v) is 11.8. The first kappa shape index (κ1) is 14.4. The van der Waals surface area contributed by atoms with E-state index in [1.807, 2.05) is 18.2 Å². The summed E-state index contributed by atoms with van der Waals surface area (Å²) in [5.41, 5.74) is 0.813. The van der Waals surface area contributed by atoms with Gasteiger partial charge in [-0.2, -0.15) is 0 Å². The monoisotopic (exact) mass is 277 g/mol. The first-order chi connectivity index (χ1) is 9.74. The first-order valence-electron chi connectivity index (χ1n) is 6.51. The number of hydrogen-bond acceptors (Lipinski definition) is 4. The summed E-state index contributed by atoms with van der Waals surface area (Å²) >= 11 is 0. The van der Waals surface area contributed by atoms with Crippen LogP contribution in [-0.2, 0) is 9.53 Å². The van der Waals surface area contributed by atoms with Crippen molar-refractivity contribution in [2.24, 2.45) is 0 Å². The number of carbonyl (C=O) groups excluding carboxylic acids is 1. The van der Waals surface area contributed by atoms with E-state index in [9.17, 15) is 4.79 Å². The van der Waals surface area contributed by atoms with Crippen LogP contribution in [0.5, 0.6) is 11.5 Å². The fourth-order valence-corrected chi connectivity index (χ4v) is 2.02. The lowest BCUT2D eigenvalue weighted by Crippen LogP contribution is -2.39. The highest BCUT2D eigenvalue weighted by molar-refractivity contribution is 5.92. The Labute approximate surface area is 118 Å². The van der Waals surface area contributed by atoms with Crippen LogP contribution in [0.4, 0.5) is 0 Å². The topological polar surface area (TPSA) is 48.0 Å². The molecule has 5 heteroatoms. The van der Waals surface area contributed by atoms with Crippen molar-refractivity contribution in [3.8, 4) is 11.5 Å². The van der Waals surface area contributed by atoms with Crippen molar-refractivity contribution in [3.63, 3.8) is 0 Å². The Hall–Kier alpha value is -2.01. The lowest BCUT2D eigenvalue weighted by molar-refractivity contribution is -0.129. The molecule has 1 aromatic carbocycles. The van der Waals surface area contributed by atoms with Gasteiger partial charge in [-0.1, -0.05) is 0 Å². The van der Waals surface area contributed by atoms with Crippen LogP contribution in [0.1, 0.15) is 5.56 Å². The molecule has 0 N–H and O–H groups in total. The largest absolute Gasteiger partial charge is 0.497 e. The van der Waals surface area contributed by atoms with Crippen molar-refractivity contribution in [3.05, 3.63) is 29.8 Å². The number of hydrogen-bond donors (Lipinski definition) is 0. The molecule has 1 aliphatic rings. The minimum atomic E-state index is -0.0156. The van der Waals surface area contributed by atoms with Gasteiger partial charge < -0.3 is 19.1 Å². The van der Waals surface area contributed by atoms with Crippen LogP contribution in [0.15, 0.2) is 24.3 Å². The maximum atomic E-state index is 12.0. The summed E-state index contributed by atoms with van der Waals surface area (Å²) in [5.74, 6) is 1.42. The van der Waals surface area contributed by atoms with Crippen molar-refractivity contribution in [2.45, 2.75) is 0 Å². The molecule has 0 saturated carbocycles. The average Bonchev–Trinajstić information content (AvgIpc) is 2.53. The molecule has 0 aliphatic carbocycles. The SMILES string of the molecule is COc1ccc(OC)c(/C=C/C(=O)N2CCOCC2)c1.